The quantitative estimate of drug-likeness (QED) is 0.834. The Morgan fingerprint density at radius 1 is 1.42 bits per heavy atom. The molecule has 2 heterocycles. The molecule has 1 saturated carbocycles. The number of anilines is 2. The van der Waals surface area contributed by atoms with Gasteiger partial charge in [-0.1, -0.05) is 0 Å². The normalized spacial score (nSPS) is 22.6. The van der Waals surface area contributed by atoms with Crippen molar-refractivity contribution in [3.05, 3.63) is 11.9 Å². The number of nitrogens with two attached hydrogens (primary N) is 1. The second kappa shape index (κ2) is 4.68. The third kappa shape index (κ3) is 2.34. The molecule has 0 aromatic carbocycles. The van der Waals surface area contributed by atoms with E-state index < -0.39 is 0 Å². The lowest BCUT2D eigenvalue weighted by Crippen LogP contribution is -2.42. The van der Waals surface area contributed by atoms with Gasteiger partial charge in [0.1, 0.15) is 23.5 Å². The zero-order valence-corrected chi connectivity index (χ0v) is 11.1. The van der Waals surface area contributed by atoms with Crippen LogP contribution in [0.5, 0.6) is 0 Å². The monoisotopic (exact) mass is 261 g/mol. The highest BCUT2D eigenvalue weighted by Crippen LogP contribution is 2.39. The van der Waals surface area contributed by atoms with E-state index in [4.69, 9.17) is 5.73 Å². The average molecular weight is 261 g/mol. The summed E-state index contributed by atoms with van der Waals surface area (Å²) in [5.41, 5.74) is 5.87. The van der Waals surface area contributed by atoms with Crippen molar-refractivity contribution in [3.8, 4) is 0 Å². The molecule has 1 atom stereocenters. The number of likely N-dealkylation sites (N-methyl/N-ethyl adjacent to an activating group) is 1. The van der Waals surface area contributed by atoms with E-state index in [1.807, 2.05) is 4.90 Å². The summed E-state index contributed by atoms with van der Waals surface area (Å²) in [6, 6.07) is 1.64. The van der Waals surface area contributed by atoms with Crippen molar-refractivity contribution in [1.29, 1.82) is 0 Å². The van der Waals surface area contributed by atoms with Crippen LogP contribution < -0.4 is 16.0 Å². The maximum absolute atomic E-state index is 11.9. The van der Waals surface area contributed by atoms with Gasteiger partial charge in [0.15, 0.2) is 0 Å². The van der Waals surface area contributed by atoms with Crippen LogP contribution in [0.1, 0.15) is 37.4 Å². The topological polar surface area (TPSA) is 84.1 Å². The first-order chi connectivity index (χ1) is 9.19. The van der Waals surface area contributed by atoms with Gasteiger partial charge in [-0.05, 0) is 25.7 Å². The highest BCUT2D eigenvalue weighted by Gasteiger charge is 2.33. The molecular formula is C13H19N5O. The van der Waals surface area contributed by atoms with Crippen molar-refractivity contribution < 1.29 is 4.79 Å². The van der Waals surface area contributed by atoms with Gasteiger partial charge in [-0.25, -0.2) is 9.97 Å². The number of nitrogens with zero attached hydrogens (tertiary/aromatic N) is 3. The summed E-state index contributed by atoms with van der Waals surface area (Å²) in [6.07, 6.45) is 4.15. The fraction of sp³-hybridized carbons (Fsp3) is 0.615. The van der Waals surface area contributed by atoms with Crippen molar-refractivity contribution in [1.82, 2.24) is 15.3 Å². The molecule has 2 aliphatic rings. The number of carbonyl (C=O) groups is 1. The standard InChI is InChI=1S/C13H19N5O/c1-15-13(19)9-3-2-6-18(9)11-7-10(14)16-12(17-11)8-4-5-8/h7-9H,2-6H2,1H3,(H,15,19)(H2,14,16,17). The molecule has 1 saturated heterocycles. The highest BCUT2D eigenvalue weighted by atomic mass is 16.2. The van der Waals surface area contributed by atoms with Crippen LogP contribution in [0.4, 0.5) is 11.6 Å². The highest BCUT2D eigenvalue weighted by molar-refractivity contribution is 5.85. The van der Waals surface area contributed by atoms with Crippen LogP contribution in [0.3, 0.4) is 0 Å². The minimum absolute atomic E-state index is 0.0441. The molecule has 3 rings (SSSR count). The molecule has 1 aromatic heterocycles. The average Bonchev–Trinajstić information content (AvgIpc) is 3.14. The van der Waals surface area contributed by atoms with E-state index in [2.05, 4.69) is 15.3 Å². The summed E-state index contributed by atoms with van der Waals surface area (Å²) in [7, 11) is 1.67. The predicted octanol–water partition coefficient (Wildman–Crippen LogP) is 0.651. The van der Waals surface area contributed by atoms with E-state index in [0.717, 1.165) is 43.9 Å². The molecule has 0 radical (unpaired) electrons. The number of hydrogen-bond acceptors (Lipinski definition) is 5. The van der Waals surface area contributed by atoms with Crippen LogP contribution in [0.2, 0.25) is 0 Å². The van der Waals surface area contributed by atoms with E-state index in [9.17, 15) is 4.79 Å². The van der Waals surface area contributed by atoms with Crippen molar-refractivity contribution in [2.24, 2.45) is 0 Å². The molecule has 1 aromatic rings. The number of carbonyl (C=O) groups excluding carboxylic acids is 1. The molecule has 102 valence electrons. The fourth-order valence-electron chi connectivity index (χ4n) is 2.62. The fourth-order valence-corrected chi connectivity index (χ4v) is 2.62. The lowest BCUT2D eigenvalue weighted by molar-refractivity contribution is -0.121. The van der Waals surface area contributed by atoms with Gasteiger partial charge in [-0.2, -0.15) is 0 Å². The van der Waals surface area contributed by atoms with Crippen molar-refractivity contribution in [3.63, 3.8) is 0 Å². The zero-order chi connectivity index (χ0) is 13.4. The molecule has 0 spiro atoms. The van der Waals surface area contributed by atoms with E-state index in [0.29, 0.717) is 11.7 Å². The van der Waals surface area contributed by atoms with Gasteiger partial charge >= 0.3 is 0 Å². The summed E-state index contributed by atoms with van der Waals surface area (Å²) in [4.78, 5) is 22.8. The molecular weight excluding hydrogens is 242 g/mol. The Morgan fingerprint density at radius 3 is 2.89 bits per heavy atom. The third-order valence-corrected chi connectivity index (χ3v) is 3.79. The molecule has 1 aliphatic heterocycles. The lowest BCUT2D eigenvalue weighted by atomic mass is 10.2. The van der Waals surface area contributed by atoms with Crippen LogP contribution in [-0.2, 0) is 4.79 Å². The van der Waals surface area contributed by atoms with E-state index in [-0.39, 0.29) is 11.9 Å². The second-order valence-electron chi connectivity index (χ2n) is 5.25. The Balaban J connectivity index is 1.90. The Labute approximate surface area is 112 Å². The molecule has 19 heavy (non-hydrogen) atoms. The van der Waals surface area contributed by atoms with Crippen molar-refractivity contribution >= 4 is 17.5 Å². The molecule has 0 bridgehead atoms. The minimum atomic E-state index is -0.133. The number of rotatable bonds is 3. The Hall–Kier alpha value is -1.85. The predicted molar refractivity (Wildman–Crippen MR) is 72.9 cm³/mol. The van der Waals surface area contributed by atoms with Crippen molar-refractivity contribution in [2.45, 2.75) is 37.6 Å². The van der Waals surface area contributed by atoms with E-state index in [1.54, 1.807) is 13.1 Å². The smallest absolute Gasteiger partial charge is 0.242 e. The van der Waals surface area contributed by atoms with E-state index in [1.165, 1.54) is 0 Å². The largest absolute Gasteiger partial charge is 0.384 e. The number of hydrogen-bond donors (Lipinski definition) is 2. The van der Waals surface area contributed by atoms with Crippen LogP contribution in [0, 0.1) is 0 Å². The van der Waals surface area contributed by atoms with Gasteiger partial charge < -0.3 is 16.0 Å². The Bertz CT molecular complexity index is 500. The molecule has 3 N–H and O–H groups in total. The first-order valence-corrected chi connectivity index (χ1v) is 6.81. The van der Waals surface area contributed by atoms with E-state index >= 15 is 0 Å². The third-order valence-electron chi connectivity index (χ3n) is 3.79. The molecule has 1 amide bonds. The first-order valence-electron chi connectivity index (χ1n) is 6.81. The van der Waals surface area contributed by atoms with Crippen LogP contribution in [0.15, 0.2) is 6.07 Å². The SMILES string of the molecule is CNC(=O)C1CCCN1c1cc(N)nc(C2CC2)n1. The summed E-state index contributed by atoms with van der Waals surface area (Å²) >= 11 is 0. The Morgan fingerprint density at radius 2 is 2.21 bits per heavy atom. The van der Waals surface area contributed by atoms with Crippen LogP contribution >= 0.6 is 0 Å². The van der Waals surface area contributed by atoms with Gasteiger partial charge in [-0.3, -0.25) is 4.79 Å². The number of nitrogen functional groups attached to an aromatic ring is 1. The van der Waals surface area contributed by atoms with Crippen LogP contribution in [-0.4, -0.2) is 35.5 Å². The molecule has 6 nitrogen and oxygen atoms in total. The van der Waals surface area contributed by atoms with Gasteiger partial charge in [0.2, 0.25) is 5.91 Å². The summed E-state index contributed by atoms with van der Waals surface area (Å²) in [5.74, 6) is 2.62. The number of amides is 1. The van der Waals surface area contributed by atoms with Gasteiger partial charge in [0.05, 0.1) is 0 Å². The van der Waals surface area contributed by atoms with Gasteiger partial charge in [0.25, 0.3) is 0 Å². The van der Waals surface area contributed by atoms with Gasteiger partial charge in [0, 0.05) is 25.6 Å². The van der Waals surface area contributed by atoms with Gasteiger partial charge in [-0.15, -0.1) is 0 Å². The summed E-state index contributed by atoms with van der Waals surface area (Å²) in [6.45, 7) is 0.846. The summed E-state index contributed by atoms with van der Waals surface area (Å²) in [5, 5.41) is 2.72. The van der Waals surface area contributed by atoms with Crippen LogP contribution in [0.25, 0.3) is 0 Å². The lowest BCUT2D eigenvalue weighted by Gasteiger charge is -2.24. The molecule has 1 aliphatic carbocycles. The molecule has 1 unspecified atom stereocenters. The zero-order valence-electron chi connectivity index (χ0n) is 11.1. The number of aromatic nitrogens is 2. The Kier molecular flexibility index (Phi) is 3.00. The molecule has 2 fully saturated rings. The second-order valence-corrected chi connectivity index (χ2v) is 5.25. The molecule has 6 heteroatoms. The maximum Gasteiger partial charge on any atom is 0.242 e. The first kappa shape index (κ1) is 12.2. The van der Waals surface area contributed by atoms with Crippen molar-refractivity contribution in [2.75, 3.05) is 24.2 Å². The number of nitrogens with one attached hydrogen (secondary N) is 1. The minimum Gasteiger partial charge on any atom is -0.384 e. The summed E-state index contributed by atoms with van der Waals surface area (Å²) < 4.78 is 0. The maximum atomic E-state index is 11.9.